The summed E-state index contributed by atoms with van der Waals surface area (Å²) in [6.07, 6.45) is 1.57. The van der Waals surface area contributed by atoms with Crippen molar-refractivity contribution in [1.82, 2.24) is 9.62 Å². The summed E-state index contributed by atoms with van der Waals surface area (Å²) in [5.74, 6) is -1.62. The van der Waals surface area contributed by atoms with Crippen LogP contribution in [0.4, 0.5) is 0 Å². The number of aromatic carboxylic acids is 1. The number of nitrogens with one attached hydrogen (secondary N) is 1. The summed E-state index contributed by atoms with van der Waals surface area (Å²) in [6.45, 7) is 2.30. The number of methoxy groups -OCH3 is 1. The number of piperidine rings is 1. The van der Waals surface area contributed by atoms with Gasteiger partial charge in [0.25, 0.3) is 0 Å². The molecule has 1 saturated heterocycles. The first kappa shape index (κ1) is 19.8. The van der Waals surface area contributed by atoms with Crippen LogP contribution in [0.5, 0.6) is 0 Å². The van der Waals surface area contributed by atoms with E-state index in [1.54, 1.807) is 7.11 Å². The number of nitrogens with zero attached hydrogens (tertiary/aromatic N) is 1. The molecule has 0 radical (unpaired) electrons. The molecule has 1 amide bonds. The van der Waals surface area contributed by atoms with Gasteiger partial charge in [0.15, 0.2) is 0 Å². The molecule has 1 aliphatic carbocycles. The highest BCUT2D eigenvalue weighted by Gasteiger charge is 2.52. The highest BCUT2D eigenvalue weighted by Crippen LogP contribution is 2.39. The monoisotopic (exact) mass is 396 g/mol. The standard InChI is InChI=1S/C18H24N2O6S/c1-18(26-2)11-15(18)19-16(21)12-7-9-20(10-8-12)27(24,25)14-6-4-3-5-13(14)17(22)23/h3-6,12,15H,7-11H2,1-2H3,(H,19,21)(H,22,23)/t15-,18+/m1/s1. The van der Waals surface area contributed by atoms with Crippen molar-refractivity contribution in [2.45, 2.75) is 42.7 Å². The van der Waals surface area contributed by atoms with Gasteiger partial charge in [-0.3, -0.25) is 4.79 Å². The molecule has 0 unspecified atom stereocenters. The predicted octanol–water partition coefficient (Wildman–Crippen LogP) is 1.08. The first-order chi connectivity index (χ1) is 12.7. The number of carboxylic acid groups (broad SMARTS) is 1. The second-order valence-electron chi connectivity index (χ2n) is 7.26. The van der Waals surface area contributed by atoms with E-state index >= 15 is 0 Å². The molecule has 2 atom stereocenters. The Morgan fingerprint density at radius 1 is 1.26 bits per heavy atom. The van der Waals surface area contributed by atoms with Crippen LogP contribution >= 0.6 is 0 Å². The topological polar surface area (TPSA) is 113 Å². The summed E-state index contributed by atoms with van der Waals surface area (Å²) >= 11 is 0. The molecule has 2 fully saturated rings. The van der Waals surface area contributed by atoms with Gasteiger partial charge < -0.3 is 15.2 Å². The average Bonchev–Trinajstić information content (AvgIpc) is 3.31. The number of carbonyl (C=O) groups is 2. The van der Waals surface area contributed by atoms with Crippen LogP contribution in [-0.4, -0.2) is 61.5 Å². The number of carboxylic acids is 1. The summed E-state index contributed by atoms with van der Waals surface area (Å²) in [5.41, 5.74) is -0.551. The first-order valence-corrected chi connectivity index (χ1v) is 10.3. The Labute approximate surface area is 158 Å². The molecule has 2 N–H and O–H groups in total. The van der Waals surface area contributed by atoms with Crippen LogP contribution in [0.15, 0.2) is 29.2 Å². The average molecular weight is 396 g/mol. The lowest BCUT2D eigenvalue weighted by Gasteiger charge is -2.31. The molecule has 1 saturated carbocycles. The maximum Gasteiger partial charge on any atom is 0.337 e. The SMILES string of the molecule is CO[C@@]1(C)C[C@H]1NC(=O)C1CCN(S(=O)(=O)c2ccccc2C(=O)O)CC1. The van der Waals surface area contributed by atoms with Gasteiger partial charge >= 0.3 is 5.97 Å². The second-order valence-corrected chi connectivity index (χ2v) is 9.17. The smallest absolute Gasteiger partial charge is 0.337 e. The van der Waals surface area contributed by atoms with Crippen molar-refractivity contribution in [2.75, 3.05) is 20.2 Å². The number of amides is 1. The highest BCUT2D eigenvalue weighted by atomic mass is 32.2. The van der Waals surface area contributed by atoms with Crippen molar-refractivity contribution in [3.8, 4) is 0 Å². The Morgan fingerprint density at radius 2 is 1.89 bits per heavy atom. The van der Waals surface area contributed by atoms with Crippen LogP contribution in [0.1, 0.15) is 36.5 Å². The molecule has 0 spiro atoms. The summed E-state index contributed by atoms with van der Waals surface area (Å²) < 4.78 is 32.3. The fourth-order valence-electron chi connectivity index (χ4n) is 3.43. The minimum atomic E-state index is -3.92. The molecule has 1 aliphatic heterocycles. The molecule has 148 valence electrons. The van der Waals surface area contributed by atoms with E-state index in [9.17, 15) is 23.1 Å². The molecule has 2 aliphatic rings. The molecule has 0 aromatic heterocycles. The van der Waals surface area contributed by atoms with E-state index in [0.717, 1.165) is 6.42 Å². The highest BCUT2D eigenvalue weighted by molar-refractivity contribution is 7.89. The van der Waals surface area contributed by atoms with E-state index in [1.165, 1.54) is 28.6 Å². The summed E-state index contributed by atoms with van der Waals surface area (Å²) in [4.78, 5) is 23.5. The van der Waals surface area contributed by atoms with Gasteiger partial charge in [0, 0.05) is 32.5 Å². The van der Waals surface area contributed by atoms with E-state index in [4.69, 9.17) is 4.74 Å². The predicted molar refractivity (Wildman–Crippen MR) is 96.8 cm³/mol. The Morgan fingerprint density at radius 3 is 2.44 bits per heavy atom. The number of benzene rings is 1. The third-order valence-corrected chi connectivity index (χ3v) is 7.49. The van der Waals surface area contributed by atoms with Crippen molar-refractivity contribution in [2.24, 2.45) is 5.92 Å². The van der Waals surface area contributed by atoms with Crippen LogP contribution < -0.4 is 5.32 Å². The van der Waals surface area contributed by atoms with Crippen molar-refractivity contribution >= 4 is 21.9 Å². The Balaban J connectivity index is 1.64. The summed E-state index contributed by atoms with van der Waals surface area (Å²) in [5, 5.41) is 12.2. The van der Waals surface area contributed by atoms with Crippen molar-refractivity contribution in [1.29, 1.82) is 0 Å². The third-order valence-electron chi connectivity index (χ3n) is 5.53. The molecule has 1 aromatic carbocycles. The Kier molecular flexibility index (Phi) is 5.29. The lowest BCUT2D eigenvalue weighted by Crippen LogP contribution is -2.44. The maximum atomic E-state index is 12.8. The van der Waals surface area contributed by atoms with Gasteiger partial charge in [-0.25, -0.2) is 13.2 Å². The minimum absolute atomic E-state index is 0.000735. The normalized spacial score (nSPS) is 26.5. The third kappa shape index (κ3) is 3.85. The molecule has 1 heterocycles. The maximum absolute atomic E-state index is 12.8. The summed E-state index contributed by atoms with van der Waals surface area (Å²) in [6, 6.07) is 5.57. The van der Waals surface area contributed by atoms with E-state index in [1.807, 2.05) is 6.92 Å². The van der Waals surface area contributed by atoms with E-state index in [-0.39, 0.29) is 47.0 Å². The van der Waals surface area contributed by atoms with Gasteiger partial charge in [0.1, 0.15) is 0 Å². The zero-order valence-electron chi connectivity index (χ0n) is 15.3. The molecule has 3 rings (SSSR count). The lowest BCUT2D eigenvalue weighted by atomic mass is 9.97. The van der Waals surface area contributed by atoms with Gasteiger partial charge in [0.2, 0.25) is 15.9 Å². The van der Waals surface area contributed by atoms with Crippen molar-refractivity contribution < 1.29 is 27.9 Å². The van der Waals surface area contributed by atoms with Crippen LogP contribution in [0, 0.1) is 5.92 Å². The van der Waals surface area contributed by atoms with Gasteiger partial charge in [0.05, 0.1) is 22.1 Å². The van der Waals surface area contributed by atoms with Crippen molar-refractivity contribution in [3.63, 3.8) is 0 Å². The van der Waals surface area contributed by atoms with E-state index in [0.29, 0.717) is 12.8 Å². The van der Waals surface area contributed by atoms with Gasteiger partial charge in [-0.1, -0.05) is 12.1 Å². The molecule has 9 heteroatoms. The molecule has 0 bridgehead atoms. The molecule has 1 aromatic rings. The fraction of sp³-hybridized carbons (Fsp3) is 0.556. The number of rotatable bonds is 6. The Hall–Kier alpha value is -1.97. The molecular weight excluding hydrogens is 372 g/mol. The molecular formula is C18H24N2O6S. The van der Waals surface area contributed by atoms with Gasteiger partial charge in [-0.15, -0.1) is 0 Å². The number of carbonyl (C=O) groups excluding carboxylic acids is 1. The fourth-order valence-corrected chi connectivity index (χ4v) is 5.08. The number of ether oxygens (including phenoxy) is 1. The van der Waals surface area contributed by atoms with E-state index < -0.39 is 16.0 Å². The number of sulfonamides is 1. The lowest BCUT2D eigenvalue weighted by molar-refractivity contribution is -0.126. The minimum Gasteiger partial charge on any atom is -0.478 e. The zero-order chi connectivity index (χ0) is 19.8. The Bertz CT molecular complexity index is 847. The number of hydrogen-bond acceptors (Lipinski definition) is 5. The van der Waals surface area contributed by atoms with Crippen LogP contribution in [0.3, 0.4) is 0 Å². The van der Waals surface area contributed by atoms with E-state index in [2.05, 4.69) is 5.32 Å². The summed E-state index contributed by atoms with van der Waals surface area (Å²) in [7, 11) is -2.30. The largest absolute Gasteiger partial charge is 0.478 e. The molecule has 8 nitrogen and oxygen atoms in total. The molecule has 27 heavy (non-hydrogen) atoms. The number of hydrogen-bond donors (Lipinski definition) is 2. The zero-order valence-corrected chi connectivity index (χ0v) is 16.2. The second kappa shape index (κ2) is 7.21. The van der Waals surface area contributed by atoms with Gasteiger partial charge in [-0.2, -0.15) is 4.31 Å². The van der Waals surface area contributed by atoms with Crippen LogP contribution in [0.25, 0.3) is 0 Å². The van der Waals surface area contributed by atoms with Crippen LogP contribution in [-0.2, 0) is 19.6 Å². The van der Waals surface area contributed by atoms with Crippen molar-refractivity contribution in [3.05, 3.63) is 29.8 Å². The van der Waals surface area contributed by atoms with Crippen LogP contribution in [0.2, 0.25) is 0 Å². The quantitative estimate of drug-likeness (QED) is 0.744. The first-order valence-electron chi connectivity index (χ1n) is 8.87. The van der Waals surface area contributed by atoms with Gasteiger partial charge in [-0.05, 0) is 31.9 Å².